The van der Waals surface area contributed by atoms with Crippen LogP contribution in [0.4, 0.5) is 11.4 Å². The normalized spacial score (nSPS) is 18.6. The van der Waals surface area contributed by atoms with Crippen molar-refractivity contribution in [3.63, 3.8) is 0 Å². The fraction of sp³-hybridized carbons (Fsp3) is 0.0714. The van der Waals surface area contributed by atoms with Crippen molar-refractivity contribution in [2.45, 2.75) is 24.4 Å². The molecule has 2 unspecified atom stereocenters. The zero-order chi connectivity index (χ0) is 38.9. The lowest BCUT2D eigenvalue weighted by Gasteiger charge is -2.36. The molecule has 0 N–H and O–H groups in total. The number of allylic oxidation sites excluding steroid dienone is 8. The fourth-order valence-electron chi connectivity index (χ4n) is 10.3. The molecule has 0 spiro atoms. The Balaban J connectivity index is 1.11. The average molecular weight is 757 g/mol. The first-order valence-corrected chi connectivity index (χ1v) is 20.7. The molecule has 3 aliphatic carbocycles. The van der Waals surface area contributed by atoms with Gasteiger partial charge < -0.3 is 14.2 Å². The van der Waals surface area contributed by atoms with E-state index in [0.29, 0.717) is 0 Å². The third kappa shape index (κ3) is 5.08. The molecule has 2 atom stereocenters. The molecule has 280 valence electrons. The number of ether oxygens (including phenoxy) is 1. The van der Waals surface area contributed by atoms with Gasteiger partial charge in [0.25, 0.3) is 0 Å². The molecule has 1 aliphatic heterocycles. The van der Waals surface area contributed by atoms with E-state index in [1.54, 1.807) is 0 Å². The van der Waals surface area contributed by atoms with Gasteiger partial charge in [-0.25, -0.2) is 0 Å². The van der Waals surface area contributed by atoms with Crippen molar-refractivity contribution in [2.75, 3.05) is 4.90 Å². The van der Waals surface area contributed by atoms with E-state index in [-0.39, 0.29) is 6.10 Å². The molecule has 3 heteroatoms. The van der Waals surface area contributed by atoms with Crippen LogP contribution in [-0.4, -0.2) is 10.7 Å². The average Bonchev–Trinajstić information content (AvgIpc) is 3.83. The Morgan fingerprint density at radius 2 is 1.27 bits per heavy atom. The third-order valence-electron chi connectivity index (χ3n) is 12.8. The number of hydrogen-bond acceptors (Lipinski definition) is 2. The van der Waals surface area contributed by atoms with E-state index in [4.69, 9.17) is 4.74 Å². The largest absolute Gasteiger partial charge is 0.485 e. The second kappa shape index (κ2) is 13.4. The van der Waals surface area contributed by atoms with Crippen molar-refractivity contribution >= 4 is 38.8 Å². The molecular weight excluding hydrogens is 717 g/mol. The maximum Gasteiger partial charge on any atom is 0.130 e. The molecule has 2 heterocycles. The summed E-state index contributed by atoms with van der Waals surface area (Å²) in [5, 5.41) is 2.45. The van der Waals surface area contributed by atoms with E-state index in [1.165, 1.54) is 72.0 Å². The molecule has 0 bridgehead atoms. The Morgan fingerprint density at radius 1 is 0.559 bits per heavy atom. The van der Waals surface area contributed by atoms with Crippen LogP contribution in [0.3, 0.4) is 0 Å². The monoisotopic (exact) mass is 756 g/mol. The van der Waals surface area contributed by atoms with Crippen LogP contribution in [0.1, 0.15) is 35.1 Å². The lowest BCUT2D eigenvalue weighted by Crippen LogP contribution is -2.29. The van der Waals surface area contributed by atoms with Crippen molar-refractivity contribution in [3.05, 3.63) is 246 Å². The number of rotatable bonds is 6. The van der Waals surface area contributed by atoms with Crippen molar-refractivity contribution in [2.24, 2.45) is 0 Å². The Morgan fingerprint density at radius 3 is 2.17 bits per heavy atom. The molecule has 0 saturated carbocycles. The minimum Gasteiger partial charge on any atom is -0.485 e. The highest BCUT2D eigenvalue weighted by Crippen LogP contribution is 2.58. The summed E-state index contributed by atoms with van der Waals surface area (Å²) in [6, 6.07) is 62.2. The van der Waals surface area contributed by atoms with Gasteiger partial charge in [0.05, 0.1) is 16.4 Å². The quantitative estimate of drug-likeness (QED) is 0.168. The molecule has 0 radical (unpaired) electrons. The molecule has 0 fully saturated rings. The van der Waals surface area contributed by atoms with Gasteiger partial charge >= 0.3 is 0 Å². The van der Waals surface area contributed by atoms with Crippen molar-refractivity contribution in [1.29, 1.82) is 0 Å². The minimum atomic E-state index is -0.517. The second-order valence-corrected chi connectivity index (χ2v) is 15.9. The van der Waals surface area contributed by atoms with Gasteiger partial charge in [0, 0.05) is 51.1 Å². The predicted molar refractivity (Wildman–Crippen MR) is 244 cm³/mol. The molecular formula is C56H40N2O. The van der Waals surface area contributed by atoms with Crippen LogP contribution >= 0.6 is 0 Å². The van der Waals surface area contributed by atoms with E-state index in [1.807, 2.05) is 0 Å². The van der Waals surface area contributed by atoms with Gasteiger partial charge in [0.2, 0.25) is 0 Å². The molecule has 1 aromatic heterocycles. The standard InChI is InChI=1S/C56H40N2O/c1-2-6-18-38(17-5-1)56(39-19-7-3-8-20-39)50-26-14-11-23-44(50)45-32-29-42(36-51(45)56)57(43-30-33-48-47-25-13-16-28-54(47)59-55(48)37-43)41-31-34-53-49(35-41)46-24-12-15-27-52(46)58(53)40-21-9-4-10-22-40/h1,3-36,55H,2,37H2. The summed E-state index contributed by atoms with van der Waals surface area (Å²) in [6.45, 7) is 0. The lowest BCUT2D eigenvalue weighted by atomic mass is 9.67. The minimum absolute atomic E-state index is 0.0613. The highest BCUT2D eigenvalue weighted by atomic mass is 16.5. The zero-order valence-corrected chi connectivity index (χ0v) is 32.5. The number of para-hydroxylation sites is 3. The van der Waals surface area contributed by atoms with Crippen LogP contribution in [0.25, 0.3) is 44.2 Å². The molecule has 0 saturated heterocycles. The number of nitrogens with zero attached hydrogens (tertiary/aromatic N) is 2. The number of anilines is 2. The number of benzene rings is 7. The molecule has 4 aliphatic rings. The van der Waals surface area contributed by atoms with E-state index in [9.17, 15) is 0 Å². The summed E-state index contributed by atoms with van der Waals surface area (Å²) in [6.07, 6.45) is 17.6. The topological polar surface area (TPSA) is 17.4 Å². The van der Waals surface area contributed by atoms with E-state index >= 15 is 0 Å². The first-order valence-electron chi connectivity index (χ1n) is 20.7. The summed E-state index contributed by atoms with van der Waals surface area (Å²) < 4.78 is 9.07. The summed E-state index contributed by atoms with van der Waals surface area (Å²) in [4.78, 5) is 2.49. The second-order valence-electron chi connectivity index (χ2n) is 15.9. The molecule has 59 heavy (non-hydrogen) atoms. The first-order chi connectivity index (χ1) is 29.3. The Kier molecular flexibility index (Phi) is 7.64. The van der Waals surface area contributed by atoms with Crippen LogP contribution in [0.5, 0.6) is 5.75 Å². The van der Waals surface area contributed by atoms with Crippen LogP contribution in [0.2, 0.25) is 0 Å². The summed E-state index contributed by atoms with van der Waals surface area (Å²) >= 11 is 0. The van der Waals surface area contributed by atoms with Crippen molar-refractivity contribution in [3.8, 4) is 22.6 Å². The smallest absolute Gasteiger partial charge is 0.130 e. The lowest BCUT2D eigenvalue weighted by molar-refractivity contribution is 0.274. The van der Waals surface area contributed by atoms with E-state index in [0.717, 1.165) is 35.7 Å². The molecule has 0 amide bonds. The van der Waals surface area contributed by atoms with Gasteiger partial charge in [0.1, 0.15) is 11.9 Å². The Hall–Kier alpha value is -7.36. The van der Waals surface area contributed by atoms with Gasteiger partial charge in [-0.05, 0) is 100 Å². The highest BCUT2D eigenvalue weighted by molar-refractivity contribution is 6.10. The summed E-state index contributed by atoms with van der Waals surface area (Å²) in [5.41, 5.74) is 16.6. The molecule has 12 rings (SSSR count). The maximum absolute atomic E-state index is 6.68. The Bertz CT molecular complexity index is 3140. The summed E-state index contributed by atoms with van der Waals surface area (Å²) in [5.74, 6) is 0.960. The zero-order valence-electron chi connectivity index (χ0n) is 32.5. The van der Waals surface area contributed by atoms with Crippen LogP contribution in [0, 0.1) is 0 Å². The van der Waals surface area contributed by atoms with Crippen LogP contribution in [0.15, 0.2) is 224 Å². The van der Waals surface area contributed by atoms with E-state index < -0.39 is 5.41 Å². The van der Waals surface area contributed by atoms with Crippen molar-refractivity contribution < 1.29 is 4.74 Å². The number of aromatic nitrogens is 1. The molecule has 7 aromatic carbocycles. The molecule has 3 nitrogen and oxygen atoms in total. The van der Waals surface area contributed by atoms with Crippen molar-refractivity contribution in [1.82, 2.24) is 4.57 Å². The Labute approximate surface area is 344 Å². The number of fused-ring (bicyclic) bond motifs is 9. The molecule has 8 aromatic rings. The third-order valence-corrected chi connectivity index (χ3v) is 12.8. The van der Waals surface area contributed by atoms with Gasteiger partial charge in [-0.1, -0.05) is 152 Å². The number of hydrogen-bond donors (Lipinski definition) is 0. The van der Waals surface area contributed by atoms with E-state index in [2.05, 4.69) is 222 Å². The summed E-state index contributed by atoms with van der Waals surface area (Å²) in [7, 11) is 0. The first kappa shape index (κ1) is 33.7. The van der Waals surface area contributed by atoms with Crippen LogP contribution in [-0.2, 0) is 5.41 Å². The fourth-order valence-corrected chi connectivity index (χ4v) is 10.3. The van der Waals surface area contributed by atoms with Gasteiger partial charge in [-0.3, -0.25) is 0 Å². The predicted octanol–water partition coefficient (Wildman–Crippen LogP) is 13.8. The highest BCUT2D eigenvalue weighted by Gasteiger charge is 2.47. The van der Waals surface area contributed by atoms with Gasteiger partial charge in [0.15, 0.2) is 0 Å². The van der Waals surface area contributed by atoms with Gasteiger partial charge in [-0.2, -0.15) is 0 Å². The maximum atomic E-state index is 6.68. The van der Waals surface area contributed by atoms with Crippen LogP contribution < -0.4 is 9.64 Å². The van der Waals surface area contributed by atoms with Gasteiger partial charge in [-0.15, -0.1) is 0 Å². The SMILES string of the molecule is C1=CCC=CC(C2(c3ccccc3)c3ccccc3-c3ccc(N(C4=CC=C5c6ccccc6OC5C4)c4ccc5c(c4)c4ccccc4n5-c4ccccc4)cc32)=C1.